The molecule has 0 radical (unpaired) electrons. The normalized spacial score (nSPS) is 17.2. The van der Waals surface area contributed by atoms with Crippen LogP contribution in [0, 0.1) is 15.9 Å². The number of benzene rings is 1. The van der Waals surface area contributed by atoms with Crippen molar-refractivity contribution >= 4 is 15.7 Å². The largest absolute Gasteiger partial charge is 0.394 e. The standard InChI is InChI=1S/C10H11FN2O5S/c11-8-5-7(13(15)16)1-2-9(8)19(17,18)12-10(6-14)3-4-10/h1-2,5,12,14H,3-4,6H2. The second-order valence-electron chi connectivity index (χ2n) is 4.42. The van der Waals surface area contributed by atoms with Crippen molar-refractivity contribution in [1.29, 1.82) is 0 Å². The van der Waals surface area contributed by atoms with E-state index in [1.165, 1.54) is 0 Å². The van der Waals surface area contributed by atoms with E-state index in [2.05, 4.69) is 4.72 Å². The van der Waals surface area contributed by atoms with E-state index in [1.54, 1.807) is 0 Å². The number of aliphatic hydroxyl groups is 1. The number of sulfonamides is 1. The monoisotopic (exact) mass is 290 g/mol. The van der Waals surface area contributed by atoms with Crippen LogP contribution in [-0.4, -0.2) is 30.6 Å². The third-order valence-corrected chi connectivity index (χ3v) is 4.53. The molecule has 7 nitrogen and oxygen atoms in total. The number of hydrogen-bond acceptors (Lipinski definition) is 5. The highest BCUT2D eigenvalue weighted by Gasteiger charge is 2.46. The molecule has 2 N–H and O–H groups in total. The Labute approximate surface area is 108 Å². The van der Waals surface area contributed by atoms with E-state index >= 15 is 0 Å². The number of non-ortho nitro benzene ring substituents is 1. The highest BCUT2D eigenvalue weighted by Crippen LogP contribution is 2.36. The Morgan fingerprint density at radius 2 is 2.11 bits per heavy atom. The van der Waals surface area contributed by atoms with Crippen molar-refractivity contribution in [3.8, 4) is 0 Å². The Bertz CT molecular complexity index is 627. The third kappa shape index (κ3) is 2.72. The van der Waals surface area contributed by atoms with Crippen molar-refractivity contribution in [2.24, 2.45) is 0 Å². The average molecular weight is 290 g/mol. The van der Waals surface area contributed by atoms with Gasteiger partial charge in [0.2, 0.25) is 10.0 Å². The summed E-state index contributed by atoms with van der Waals surface area (Å²) in [4.78, 5) is 8.95. The van der Waals surface area contributed by atoms with Crippen LogP contribution in [0.3, 0.4) is 0 Å². The SMILES string of the molecule is O=[N+]([O-])c1ccc(S(=O)(=O)NC2(CO)CC2)c(F)c1. The summed E-state index contributed by atoms with van der Waals surface area (Å²) in [5.41, 5.74) is -1.45. The predicted molar refractivity (Wildman–Crippen MR) is 62.4 cm³/mol. The number of rotatable bonds is 5. The summed E-state index contributed by atoms with van der Waals surface area (Å²) in [6, 6.07) is 2.30. The lowest BCUT2D eigenvalue weighted by Gasteiger charge is -2.14. The van der Waals surface area contributed by atoms with Crippen molar-refractivity contribution in [2.75, 3.05) is 6.61 Å². The molecule has 0 bridgehead atoms. The minimum absolute atomic E-state index is 0.374. The number of nitrogens with zero attached hydrogens (tertiary/aromatic N) is 1. The van der Waals surface area contributed by atoms with Gasteiger partial charge in [0, 0.05) is 6.07 Å². The third-order valence-electron chi connectivity index (χ3n) is 2.92. The number of nitrogens with one attached hydrogen (secondary N) is 1. The van der Waals surface area contributed by atoms with Crippen LogP contribution >= 0.6 is 0 Å². The van der Waals surface area contributed by atoms with Gasteiger partial charge in [-0.25, -0.2) is 17.5 Å². The first-order valence-corrected chi connectivity index (χ1v) is 6.87. The Morgan fingerprint density at radius 3 is 2.53 bits per heavy atom. The van der Waals surface area contributed by atoms with Crippen LogP contribution in [0.15, 0.2) is 23.1 Å². The molecule has 1 aliphatic rings. The molecule has 1 fully saturated rings. The van der Waals surface area contributed by atoms with Gasteiger partial charge in [0.1, 0.15) is 10.7 Å². The van der Waals surface area contributed by atoms with Gasteiger partial charge >= 0.3 is 0 Å². The average Bonchev–Trinajstić information content (AvgIpc) is 3.08. The molecule has 9 heteroatoms. The lowest BCUT2D eigenvalue weighted by molar-refractivity contribution is -0.385. The predicted octanol–water partition coefficient (Wildman–Crippen LogP) is 0.537. The molecule has 0 saturated heterocycles. The van der Waals surface area contributed by atoms with Gasteiger partial charge in [-0.05, 0) is 18.9 Å². The van der Waals surface area contributed by atoms with Gasteiger partial charge in [-0.15, -0.1) is 0 Å². The van der Waals surface area contributed by atoms with Crippen LogP contribution in [-0.2, 0) is 10.0 Å². The van der Waals surface area contributed by atoms with E-state index in [9.17, 15) is 22.9 Å². The van der Waals surface area contributed by atoms with Crippen LogP contribution in [0.2, 0.25) is 0 Å². The Hall–Kier alpha value is -1.58. The molecule has 19 heavy (non-hydrogen) atoms. The van der Waals surface area contributed by atoms with E-state index in [-0.39, 0.29) is 6.61 Å². The van der Waals surface area contributed by atoms with Crippen molar-refractivity contribution in [1.82, 2.24) is 4.72 Å². The molecule has 1 saturated carbocycles. The van der Waals surface area contributed by atoms with Crippen LogP contribution in [0.4, 0.5) is 10.1 Å². The first-order chi connectivity index (χ1) is 8.80. The molecule has 0 atom stereocenters. The van der Waals surface area contributed by atoms with Crippen molar-refractivity contribution < 1.29 is 22.8 Å². The molecular formula is C10H11FN2O5S. The molecule has 0 unspecified atom stereocenters. The molecule has 2 rings (SSSR count). The summed E-state index contributed by atoms with van der Waals surface area (Å²) >= 11 is 0. The maximum Gasteiger partial charge on any atom is 0.272 e. The fraction of sp³-hybridized carbons (Fsp3) is 0.400. The summed E-state index contributed by atoms with van der Waals surface area (Å²) in [5.74, 6) is -1.20. The van der Waals surface area contributed by atoms with Crippen LogP contribution in [0.5, 0.6) is 0 Å². The lowest BCUT2D eigenvalue weighted by atomic mass is 10.3. The topological polar surface area (TPSA) is 110 Å². The molecular weight excluding hydrogens is 279 g/mol. The van der Waals surface area contributed by atoms with Crippen LogP contribution in [0.25, 0.3) is 0 Å². The second-order valence-corrected chi connectivity index (χ2v) is 6.07. The van der Waals surface area contributed by atoms with Crippen molar-refractivity contribution in [3.63, 3.8) is 0 Å². The zero-order chi connectivity index (χ0) is 14.3. The first-order valence-electron chi connectivity index (χ1n) is 5.38. The smallest absolute Gasteiger partial charge is 0.272 e. The lowest BCUT2D eigenvalue weighted by Crippen LogP contribution is -2.39. The van der Waals surface area contributed by atoms with Gasteiger partial charge < -0.3 is 5.11 Å². The number of nitro benzene ring substituents is 1. The Morgan fingerprint density at radius 1 is 1.47 bits per heavy atom. The molecule has 0 aromatic heterocycles. The highest BCUT2D eigenvalue weighted by atomic mass is 32.2. The summed E-state index contributed by atoms with van der Waals surface area (Å²) < 4.78 is 39.7. The number of aliphatic hydroxyl groups excluding tert-OH is 1. The number of halogens is 1. The molecule has 1 aliphatic carbocycles. The molecule has 0 amide bonds. The molecule has 0 spiro atoms. The Kier molecular flexibility index (Phi) is 3.29. The van der Waals surface area contributed by atoms with E-state index in [1.807, 2.05) is 0 Å². The van der Waals surface area contributed by atoms with Crippen molar-refractivity contribution in [3.05, 3.63) is 34.1 Å². The zero-order valence-electron chi connectivity index (χ0n) is 9.67. The van der Waals surface area contributed by atoms with Gasteiger partial charge in [0.05, 0.1) is 23.1 Å². The fourth-order valence-electron chi connectivity index (χ4n) is 1.60. The van der Waals surface area contributed by atoms with Crippen LogP contribution in [0.1, 0.15) is 12.8 Å². The zero-order valence-corrected chi connectivity index (χ0v) is 10.5. The van der Waals surface area contributed by atoms with Gasteiger partial charge in [-0.1, -0.05) is 0 Å². The fourth-order valence-corrected chi connectivity index (χ4v) is 3.12. The first kappa shape index (κ1) is 13.8. The van der Waals surface area contributed by atoms with E-state index < -0.39 is 36.9 Å². The summed E-state index contributed by atoms with van der Waals surface area (Å²) in [6.07, 6.45) is 0.939. The van der Waals surface area contributed by atoms with Gasteiger partial charge in [-0.2, -0.15) is 0 Å². The number of nitro groups is 1. The van der Waals surface area contributed by atoms with Crippen LogP contribution < -0.4 is 4.72 Å². The maximum atomic E-state index is 13.6. The van der Waals surface area contributed by atoms with E-state index in [0.29, 0.717) is 18.9 Å². The maximum absolute atomic E-state index is 13.6. The minimum Gasteiger partial charge on any atom is -0.394 e. The molecule has 0 heterocycles. The summed E-state index contributed by atoms with van der Waals surface area (Å²) in [5, 5.41) is 19.5. The second kappa shape index (κ2) is 4.51. The Balaban J connectivity index is 2.33. The number of hydrogen-bond donors (Lipinski definition) is 2. The molecule has 1 aromatic carbocycles. The molecule has 1 aromatic rings. The van der Waals surface area contributed by atoms with Gasteiger partial charge in [0.25, 0.3) is 5.69 Å². The highest BCUT2D eigenvalue weighted by molar-refractivity contribution is 7.89. The molecule has 0 aliphatic heterocycles. The van der Waals surface area contributed by atoms with Gasteiger partial charge in [0.15, 0.2) is 0 Å². The quantitative estimate of drug-likeness (QED) is 0.607. The summed E-state index contributed by atoms with van der Waals surface area (Å²) in [6.45, 7) is -0.374. The van der Waals surface area contributed by atoms with E-state index in [0.717, 1.165) is 12.1 Å². The van der Waals surface area contributed by atoms with Gasteiger partial charge in [-0.3, -0.25) is 10.1 Å². The van der Waals surface area contributed by atoms with Crippen molar-refractivity contribution in [2.45, 2.75) is 23.3 Å². The molecule has 104 valence electrons. The van der Waals surface area contributed by atoms with E-state index in [4.69, 9.17) is 5.11 Å². The minimum atomic E-state index is -4.15. The summed E-state index contributed by atoms with van der Waals surface area (Å²) in [7, 11) is -4.15.